The van der Waals surface area contributed by atoms with E-state index in [2.05, 4.69) is 20.9 Å². The summed E-state index contributed by atoms with van der Waals surface area (Å²) in [5, 5.41) is 8.89. The van der Waals surface area contributed by atoms with E-state index in [-0.39, 0.29) is 18.0 Å². The Morgan fingerprint density at radius 3 is 2.41 bits per heavy atom. The molecule has 0 fully saturated rings. The van der Waals surface area contributed by atoms with Gasteiger partial charge in [-0.05, 0) is 42.3 Å². The summed E-state index contributed by atoms with van der Waals surface area (Å²) in [6.45, 7) is 2.57. The Kier molecular flexibility index (Phi) is 7.73. The number of hydrogen-bond acceptors (Lipinski definition) is 2. The molecular formula is C20H24F2N4O. The Morgan fingerprint density at radius 2 is 1.74 bits per heavy atom. The van der Waals surface area contributed by atoms with Crippen LogP contribution < -0.4 is 16.0 Å². The minimum atomic E-state index is -0.484. The molecule has 0 saturated heterocycles. The van der Waals surface area contributed by atoms with Gasteiger partial charge in [0.05, 0.1) is 0 Å². The molecule has 0 aliphatic rings. The summed E-state index contributed by atoms with van der Waals surface area (Å²) >= 11 is 0. The molecular weight excluding hydrogens is 350 g/mol. The number of guanidine groups is 1. The van der Waals surface area contributed by atoms with Crippen LogP contribution in [-0.4, -0.2) is 18.9 Å². The molecule has 27 heavy (non-hydrogen) atoms. The molecule has 2 aromatic carbocycles. The molecule has 3 N–H and O–H groups in total. The highest BCUT2D eigenvalue weighted by molar-refractivity contribution is 5.90. The molecule has 7 heteroatoms. The zero-order valence-electron chi connectivity index (χ0n) is 15.5. The summed E-state index contributed by atoms with van der Waals surface area (Å²) in [5.41, 5.74) is 1.97. The highest BCUT2D eigenvalue weighted by Gasteiger charge is 2.06. The zero-order valence-corrected chi connectivity index (χ0v) is 15.5. The topological polar surface area (TPSA) is 65.5 Å². The second-order valence-corrected chi connectivity index (χ2v) is 6.01. The van der Waals surface area contributed by atoms with Crippen molar-refractivity contribution in [1.29, 1.82) is 0 Å². The molecule has 2 aromatic rings. The maximum absolute atomic E-state index is 13.7. The van der Waals surface area contributed by atoms with Gasteiger partial charge in [0.15, 0.2) is 5.96 Å². The molecule has 0 aliphatic carbocycles. The van der Waals surface area contributed by atoms with E-state index in [0.717, 1.165) is 35.9 Å². The third-order valence-corrected chi connectivity index (χ3v) is 3.85. The van der Waals surface area contributed by atoms with Gasteiger partial charge < -0.3 is 16.0 Å². The molecule has 0 heterocycles. The SMILES string of the molecule is CCCC(=O)Nc1ccc(CNC(=NC)NCc2cc(F)ccc2F)cc1. The van der Waals surface area contributed by atoms with E-state index in [1.54, 1.807) is 7.05 Å². The first-order valence-electron chi connectivity index (χ1n) is 8.79. The molecule has 0 spiro atoms. The number of aliphatic imine (C=N–C) groups is 1. The Hall–Kier alpha value is -2.96. The highest BCUT2D eigenvalue weighted by Crippen LogP contribution is 2.11. The first-order chi connectivity index (χ1) is 13.0. The second-order valence-electron chi connectivity index (χ2n) is 6.01. The van der Waals surface area contributed by atoms with Crippen LogP contribution in [0, 0.1) is 11.6 Å². The summed E-state index contributed by atoms with van der Waals surface area (Å²) in [4.78, 5) is 15.7. The highest BCUT2D eigenvalue weighted by atomic mass is 19.1. The molecule has 0 unspecified atom stereocenters. The van der Waals surface area contributed by atoms with Crippen LogP contribution in [0.5, 0.6) is 0 Å². The van der Waals surface area contributed by atoms with Crippen LogP contribution in [-0.2, 0) is 17.9 Å². The fourth-order valence-electron chi connectivity index (χ4n) is 2.42. The van der Waals surface area contributed by atoms with E-state index in [1.807, 2.05) is 31.2 Å². The fourth-order valence-corrected chi connectivity index (χ4v) is 2.42. The van der Waals surface area contributed by atoms with Crippen molar-refractivity contribution in [2.45, 2.75) is 32.9 Å². The summed E-state index contributed by atoms with van der Waals surface area (Å²) in [6, 6.07) is 10.8. The van der Waals surface area contributed by atoms with Gasteiger partial charge in [0, 0.05) is 37.8 Å². The van der Waals surface area contributed by atoms with Crippen molar-refractivity contribution >= 4 is 17.6 Å². The minimum absolute atomic E-state index is 0.00226. The molecule has 0 atom stereocenters. The average molecular weight is 374 g/mol. The number of amides is 1. The Bertz CT molecular complexity index is 791. The van der Waals surface area contributed by atoms with Crippen LogP contribution in [0.15, 0.2) is 47.5 Å². The number of halogens is 2. The molecule has 0 bridgehead atoms. The lowest BCUT2D eigenvalue weighted by Crippen LogP contribution is -2.36. The number of carbonyl (C=O) groups excluding carboxylic acids is 1. The van der Waals surface area contributed by atoms with Crippen molar-refractivity contribution in [3.63, 3.8) is 0 Å². The van der Waals surface area contributed by atoms with Crippen molar-refractivity contribution < 1.29 is 13.6 Å². The van der Waals surface area contributed by atoms with Crippen LogP contribution in [0.4, 0.5) is 14.5 Å². The maximum Gasteiger partial charge on any atom is 0.224 e. The second kappa shape index (κ2) is 10.3. The molecule has 2 rings (SSSR count). The summed E-state index contributed by atoms with van der Waals surface area (Å²) in [5.74, 6) is -0.487. The Labute approximate surface area is 157 Å². The lowest BCUT2D eigenvalue weighted by atomic mass is 10.2. The third kappa shape index (κ3) is 6.69. The average Bonchev–Trinajstić information content (AvgIpc) is 2.66. The van der Waals surface area contributed by atoms with Crippen LogP contribution in [0.1, 0.15) is 30.9 Å². The van der Waals surface area contributed by atoms with Gasteiger partial charge in [-0.25, -0.2) is 8.78 Å². The van der Waals surface area contributed by atoms with E-state index in [0.29, 0.717) is 18.9 Å². The van der Waals surface area contributed by atoms with Crippen molar-refractivity contribution in [3.05, 3.63) is 65.2 Å². The third-order valence-electron chi connectivity index (χ3n) is 3.85. The van der Waals surface area contributed by atoms with Crippen LogP contribution >= 0.6 is 0 Å². The quantitative estimate of drug-likeness (QED) is 0.513. The molecule has 0 aromatic heterocycles. The van der Waals surface area contributed by atoms with E-state index in [9.17, 15) is 13.6 Å². The van der Waals surface area contributed by atoms with Crippen molar-refractivity contribution in [3.8, 4) is 0 Å². The predicted molar refractivity (Wildman–Crippen MR) is 103 cm³/mol. The Balaban J connectivity index is 1.85. The lowest BCUT2D eigenvalue weighted by Gasteiger charge is -2.13. The largest absolute Gasteiger partial charge is 0.352 e. The van der Waals surface area contributed by atoms with Gasteiger partial charge in [-0.15, -0.1) is 0 Å². The normalized spacial score (nSPS) is 11.2. The lowest BCUT2D eigenvalue weighted by molar-refractivity contribution is -0.116. The van der Waals surface area contributed by atoms with E-state index in [1.165, 1.54) is 0 Å². The van der Waals surface area contributed by atoms with Gasteiger partial charge in [0.1, 0.15) is 11.6 Å². The van der Waals surface area contributed by atoms with Gasteiger partial charge in [-0.3, -0.25) is 9.79 Å². The van der Waals surface area contributed by atoms with Gasteiger partial charge in [0.25, 0.3) is 0 Å². The van der Waals surface area contributed by atoms with Crippen LogP contribution in [0.25, 0.3) is 0 Å². The van der Waals surface area contributed by atoms with Crippen molar-refractivity contribution in [2.75, 3.05) is 12.4 Å². The smallest absolute Gasteiger partial charge is 0.224 e. The number of rotatable bonds is 7. The molecule has 0 saturated carbocycles. The number of benzene rings is 2. The maximum atomic E-state index is 13.7. The molecule has 0 radical (unpaired) electrons. The van der Waals surface area contributed by atoms with Gasteiger partial charge in [0.2, 0.25) is 5.91 Å². The monoisotopic (exact) mass is 374 g/mol. The zero-order chi connectivity index (χ0) is 19.6. The van der Waals surface area contributed by atoms with Crippen LogP contribution in [0.3, 0.4) is 0 Å². The fraction of sp³-hybridized carbons (Fsp3) is 0.300. The molecule has 5 nitrogen and oxygen atoms in total. The summed E-state index contributed by atoms with van der Waals surface area (Å²) < 4.78 is 26.9. The first kappa shape index (κ1) is 20.4. The van der Waals surface area contributed by atoms with Gasteiger partial charge in [-0.1, -0.05) is 19.1 Å². The number of nitrogens with zero attached hydrogens (tertiary/aromatic N) is 1. The number of hydrogen-bond donors (Lipinski definition) is 3. The predicted octanol–water partition coefficient (Wildman–Crippen LogP) is 3.57. The molecule has 0 aliphatic heterocycles. The van der Waals surface area contributed by atoms with Crippen molar-refractivity contribution in [2.24, 2.45) is 4.99 Å². The van der Waals surface area contributed by atoms with Gasteiger partial charge in [-0.2, -0.15) is 0 Å². The summed E-state index contributed by atoms with van der Waals surface area (Å²) in [7, 11) is 1.60. The van der Waals surface area contributed by atoms with E-state index in [4.69, 9.17) is 0 Å². The number of nitrogens with one attached hydrogen (secondary N) is 3. The van der Waals surface area contributed by atoms with E-state index >= 15 is 0 Å². The number of carbonyl (C=O) groups is 1. The van der Waals surface area contributed by atoms with Gasteiger partial charge >= 0.3 is 0 Å². The standard InChI is InChI=1S/C20H24F2N4O/c1-3-4-19(27)26-17-8-5-14(6-9-17)12-24-20(23-2)25-13-15-11-16(21)7-10-18(15)22/h5-11H,3-4,12-13H2,1-2H3,(H,26,27)(H2,23,24,25). The van der Waals surface area contributed by atoms with E-state index < -0.39 is 11.6 Å². The molecule has 1 amide bonds. The first-order valence-corrected chi connectivity index (χ1v) is 8.79. The Morgan fingerprint density at radius 1 is 1.04 bits per heavy atom. The molecule has 144 valence electrons. The summed E-state index contributed by atoms with van der Waals surface area (Å²) in [6.07, 6.45) is 1.30. The number of anilines is 1. The minimum Gasteiger partial charge on any atom is -0.352 e. The van der Waals surface area contributed by atoms with Crippen molar-refractivity contribution in [1.82, 2.24) is 10.6 Å². The van der Waals surface area contributed by atoms with Crippen LogP contribution in [0.2, 0.25) is 0 Å².